The molecule has 2 saturated heterocycles. The Morgan fingerprint density at radius 3 is 2.63 bits per heavy atom. The number of fused-ring (bicyclic) bond motifs is 2. The summed E-state index contributed by atoms with van der Waals surface area (Å²) in [6, 6.07) is 5.68. The van der Waals surface area contributed by atoms with Crippen molar-refractivity contribution in [2.45, 2.75) is 101 Å². The highest BCUT2D eigenvalue weighted by atomic mass is 32.2. The van der Waals surface area contributed by atoms with Crippen molar-refractivity contribution < 1.29 is 33.5 Å². The lowest BCUT2D eigenvalue weighted by Crippen LogP contribution is -2.53. The van der Waals surface area contributed by atoms with Gasteiger partial charge in [0.1, 0.15) is 17.7 Å². The second kappa shape index (κ2) is 15.4. The van der Waals surface area contributed by atoms with Gasteiger partial charge in [-0.2, -0.15) is 16.6 Å². The molecule has 3 heterocycles. The largest absolute Gasteiger partial charge is 0.458 e. The number of nitrogens with zero attached hydrogens (tertiary/aromatic N) is 3. The number of aryl methyl sites for hydroxylation is 1. The van der Waals surface area contributed by atoms with Crippen molar-refractivity contribution in [2.24, 2.45) is 7.05 Å². The van der Waals surface area contributed by atoms with Crippen molar-refractivity contribution in [3.05, 3.63) is 41.6 Å². The number of unbranched alkanes of at least 4 members (excludes halogenated alkanes) is 1. The second-order valence-corrected chi connectivity index (χ2v) is 14.1. The molecule has 2 fully saturated rings. The number of ketones is 1. The van der Waals surface area contributed by atoms with Gasteiger partial charge in [0.25, 0.3) is 0 Å². The first-order valence-corrected chi connectivity index (χ1v) is 16.6. The fourth-order valence-electron chi connectivity index (χ4n) is 5.87. The molecule has 0 radical (unpaired) electrons. The molecule has 2 aliphatic rings. The molecule has 2 aliphatic heterocycles. The van der Waals surface area contributed by atoms with Gasteiger partial charge in [0.15, 0.2) is 0 Å². The van der Waals surface area contributed by atoms with E-state index in [0.717, 1.165) is 41.3 Å². The normalized spacial score (nSPS) is 20.1. The summed E-state index contributed by atoms with van der Waals surface area (Å²) in [4.78, 5) is 66.4. The minimum Gasteiger partial charge on any atom is -0.458 e. The molecule has 1 aromatic heterocycles. The van der Waals surface area contributed by atoms with Crippen LogP contribution < -0.4 is 21.3 Å². The van der Waals surface area contributed by atoms with E-state index in [0.29, 0.717) is 6.42 Å². The number of aromatic nitrogens is 1. The maximum absolute atomic E-state index is 13.8. The van der Waals surface area contributed by atoms with E-state index in [1.54, 1.807) is 20.8 Å². The third-order valence-electron chi connectivity index (χ3n) is 8.02. The molecule has 0 bridgehead atoms. The Labute approximate surface area is 272 Å². The number of amides is 4. The maximum Gasteiger partial charge on any atom is 0.329 e. The predicted molar refractivity (Wildman–Crippen MR) is 174 cm³/mol. The monoisotopic (exact) mass is 653 g/mol. The van der Waals surface area contributed by atoms with Gasteiger partial charge in [-0.3, -0.25) is 14.4 Å². The van der Waals surface area contributed by atoms with E-state index in [1.807, 2.05) is 53.8 Å². The zero-order valence-electron chi connectivity index (χ0n) is 26.7. The zero-order chi connectivity index (χ0) is 33.4. The number of rotatable bonds is 15. The summed E-state index contributed by atoms with van der Waals surface area (Å²) in [7, 11) is 1.91. The van der Waals surface area contributed by atoms with Crippen LogP contribution in [0.1, 0.15) is 64.9 Å². The number of para-hydroxylation sites is 1. The summed E-state index contributed by atoms with van der Waals surface area (Å²) in [6.45, 7) is 5.09. The smallest absolute Gasteiger partial charge is 0.329 e. The quantitative estimate of drug-likeness (QED) is 0.0568. The van der Waals surface area contributed by atoms with E-state index in [-0.39, 0.29) is 55.0 Å². The summed E-state index contributed by atoms with van der Waals surface area (Å²) >= 11 is 1.82. The van der Waals surface area contributed by atoms with E-state index in [9.17, 15) is 24.0 Å². The molecular formula is C32H43N7O6S. The Kier molecular flexibility index (Phi) is 11.6. The van der Waals surface area contributed by atoms with Crippen LogP contribution >= 0.6 is 11.8 Å². The van der Waals surface area contributed by atoms with Crippen LogP contribution in [0.3, 0.4) is 0 Å². The van der Waals surface area contributed by atoms with Crippen LogP contribution in [0.15, 0.2) is 30.5 Å². The van der Waals surface area contributed by atoms with E-state index >= 15 is 0 Å². The van der Waals surface area contributed by atoms with Crippen molar-refractivity contribution in [2.75, 3.05) is 5.75 Å². The standard InChI is InChI=1S/C32H43N7O6S/c1-32(2,3)45-30(43)22(14-13-20(40)16-34-33)36-29(42)23(15-19-17-39(4)25-10-6-5-9-21(19)25)35-27(41)12-8-7-11-26-28-24(18-46-26)37-31(44)38-28/h5-6,9-10,16-17,22-24,26,28H,7-8,11-15,18H2,1-4H3,(H,35,41)(H,36,42)(H2,37,38,44)/t22-,23-,24+,26-,28+/m0/s1. The van der Waals surface area contributed by atoms with Gasteiger partial charge in [-0.05, 0) is 51.7 Å². The molecule has 0 spiro atoms. The van der Waals surface area contributed by atoms with Crippen LogP contribution in [-0.4, -0.2) is 85.9 Å². The minimum atomic E-state index is -1.17. The van der Waals surface area contributed by atoms with Crippen LogP contribution in [-0.2, 0) is 37.4 Å². The molecule has 0 aliphatic carbocycles. The average Bonchev–Trinajstić information content (AvgIpc) is 3.64. The van der Waals surface area contributed by atoms with Crippen molar-refractivity contribution in [3.8, 4) is 0 Å². The number of ether oxygens (including phenoxy) is 1. The molecule has 1 aromatic carbocycles. The Hall–Kier alpha value is -4.16. The Morgan fingerprint density at radius 2 is 1.89 bits per heavy atom. The van der Waals surface area contributed by atoms with Gasteiger partial charge in [0, 0.05) is 54.4 Å². The third kappa shape index (κ3) is 9.43. The molecule has 4 amide bonds. The third-order valence-corrected chi connectivity index (χ3v) is 9.53. The van der Waals surface area contributed by atoms with Crippen molar-refractivity contribution in [1.29, 1.82) is 0 Å². The van der Waals surface area contributed by atoms with Crippen LogP contribution in [0.2, 0.25) is 0 Å². The number of carbonyl (C=O) groups is 5. The van der Waals surface area contributed by atoms with E-state index in [1.165, 1.54) is 0 Å². The number of carbonyl (C=O) groups excluding carboxylic acids is 5. The van der Waals surface area contributed by atoms with Crippen LogP contribution in [0.4, 0.5) is 4.79 Å². The molecule has 13 nitrogen and oxygen atoms in total. The summed E-state index contributed by atoms with van der Waals surface area (Å²) in [5.74, 6) is -1.25. The number of nitrogens with one attached hydrogen (secondary N) is 4. The number of benzene rings is 1. The maximum atomic E-state index is 13.8. The molecule has 0 saturated carbocycles. The number of esters is 1. The van der Waals surface area contributed by atoms with Crippen molar-refractivity contribution in [3.63, 3.8) is 0 Å². The molecule has 4 N–H and O–H groups in total. The number of thioether (sulfide) groups is 1. The van der Waals surface area contributed by atoms with Crippen molar-refractivity contribution in [1.82, 2.24) is 25.8 Å². The fraction of sp³-hybridized carbons (Fsp3) is 0.562. The molecule has 14 heteroatoms. The summed E-state index contributed by atoms with van der Waals surface area (Å²) in [5.41, 5.74) is 9.67. The van der Waals surface area contributed by atoms with Crippen molar-refractivity contribution >= 4 is 58.5 Å². The molecule has 4 rings (SSSR count). The molecule has 46 heavy (non-hydrogen) atoms. The lowest BCUT2D eigenvalue weighted by molar-refractivity contribution is -0.159. The van der Waals surface area contributed by atoms with Gasteiger partial charge in [0.05, 0.1) is 12.1 Å². The van der Waals surface area contributed by atoms with Gasteiger partial charge in [-0.15, -0.1) is 0 Å². The number of Topliss-reactive ketones (excluding diaryl/α,β-unsaturated/α-hetero) is 1. The molecule has 248 valence electrons. The summed E-state index contributed by atoms with van der Waals surface area (Å²) < 4.78 is 7.46. The molecular weight excluding hydrogens is 610 g/mol. The zero-order valence-corrected chi connectivity index (χ0v) is 27.5. The average molecular weight is 654 g/mol. The van der Waals surface area contributed by atoms with Gasteiger partial charge in [-0.25, -0.2) is 9.59 Å². The van der Waals surface area contributed by atoms with E-state index in [2.05, 4.69) is 26.1 Å². The molecule has 0 unspecified atom stereocenters. The second-order valence-electron chi connectivity index (χ2n) is 12.8. The Morgan fingerprint density at radius 1 is 1.13 bits per heavy atom. The first-order chi connectivity index (χ1) is 21.8. The fourth-order valence-corrected chi connectivity index (χ4v) is 7.41. The predicted octanol–water partition coefficient (Wildman–Crippen LogP) is 2.41. The topological polar surface area (TPSA) is 184 Å². The SMILES string of the molecule is Cn1cc(C[C@H](NC(=O)CCCC[C@@H]2SC[C@H]3NC(=O)N[C@@H]23)C(=O)N[C@@H](CCC(=O)C=[N+]=[N-])C(=O)OC(C)(C)C)c2ccccc21. The van der Waals surface area contributed by atoms with Crippen LogP contribution in [0.25, 0.3) is 16.4 Å². The molecule has 5 atom stereocenters. The Bertz CT molecular complexity index is 1510. The van der Waals surface area contributed by atoms with E-state index < -0.39 is 35.3 Å². The molecule has 2 aromatic rings. The van der Waals surface area contributed by atoms with Crippen LogP contribution in [0, 0.1) is 0 Å². The first kappa shape index (κ1) is 34.7. The van der Waals surface area contributed by atoms with Gasteiger partial charge in [-0.1, -0.05) is 24.6 Å². The van der Waals surface area contributed by atoms with Gasteiger partial charge < -0.3 is 36.1 Å². The number of urea groups is 1. The number of hydrogen-bond donors (Lipinski definition) is 4. The lowest BCUT2D eigenvalue weighted by Gasteiger charge is -2.26. The highest BCUT2D eigenvalue weighted by Crippen LogP contribution is 2.33. The highest BCUT2D eigenvalue weighted by Gasteiger charge is 2.42. The van der Waals surface area contributed by atoms with E-state index in [4.69, 9.17) is 10.3 Å². The Balaban J connectivity index is 1.44. The summed E-state index contributed by atoms with van der Waals surface area (Å²) in [5, 5.41) is 12.7. The lowest BCUT2D eigenvalue weighted by atomic mass is 10.0. The summed E-state index contributed by atoms with van der Waals surface area (Å²) in [6.07, 6.45) is 5.03. The van der Waals surface area contributed by atoms with Gasteiger partial charge >= 0.3 is 18.2 Å². The minimum absolute atomic E-state index is 0.0859. The van der Waals surface area contributed by atoms with Crippen LogP contribution in [0.5, 0.6) is 0 Å². The highest BCUT2D eigenvalue weighted by molar-refractivity contribution is 8.00. The first-order valence-electron chi connectivity index (χ1n) is 15.6. The van der Waals surface area contributed by atoms with Gasteiger partial charge in [0.2, 0.25) is 17.6 Å². The number of hydrogen-bond acceptors (Lipinski definition) is 7.